The van der Waals surface area contributed by atoms with Crippen molar-refractivity contribution < 1.29 is 4.92 Å². The first-order valence-corrected chi connectivity index (χ1v) is 47.9. The molecule has 18 aromatic carbocycles. The number of benzene rings is 18. The molecule has 0 saturated heterocycles. The molecule has 0 aliphatic carbocycles. The van der Waals surface area contributed by atoms with Gasteiger partial charge in [0.05, 0.1) is 115 Å². The van der Waals surface area contributed by atoms with Crippen molar-refractivity contribution in [1.82, 2.24) is 89.7 Å². The smallest absolute Gasteiger partial charge is 0.280 e. The Bertz CT molecular complexity index is 8390. The molecule has 145 heavy (non-hydrogen) atoms. The Morgan fingerprint density at radius 2 is 0.421 bits per heavy atom. The Hall–Kier alpha value is -18.8. The minimum absolute atomic E-state index is 0.0524. The van der Waals surface area contributed by atoms with Crippen LogP contribution >= 0.6 is 23.2 Å². The second-order valence-corrected chi connectivity index (χ2v) is 35.2. The van der Waals surface area contributed by atoms with Gasteiger partial charge in [-0.05, 0) is 180 Å². The molecule has 0 saturated carbocycles. The zero-order valence-corrected chi connectivity index (χ0v) is 81.2. The maximum atomic E-state index is 11.0. The number of hydrogen-bond acceptors (Lipinski definition) is 11. The Kier molecular flexibility index (Phi) is 29.5. The summed E-state index contributed by atoms with van der Waals surface area (Å²) in [7, 11) is 0. The normalized spacial score (nSPS) is 10.8. The quantitative estimate of drug-likeness (QED) is 0.0458. The molecule has 0 amide bonds. The minimum atomic E-state index is -0.400. The maximum Gasteiger partial charge on any atom is 0.280 e. The van der Waals surface area contributed by atoms with Crippen LogP contribution in [-0.4, -0.2) is 94.6 Å². The van der Waals surface area contributed by atoms with Gasteiger partial charge in [-0.15, -0.1) is 0 Å². The molecule has 0 spiro atoms. The predicted molar refractivity (Wildman–Crippen MR) is 594 cm³/mol. The fourth-order valence-corrected chi connectivity index (χ4v) is 16.6. The molecule has 0 fully saturated rings. The number of aromatic nitrogens is 18. The first-order chi connectivity index (χ1) is 71.0. The van der Waals surface area contributed by atoms with Gasteiger partial charge in [-0.25, -0.2) is 44.9 Å². The average Bonchev–Trinajstić information content (AvgIpc) is 1.67. The Morgan fingerprint density at radius 3 is 0.717 bits per heavy atom. The van der Waals surface area contributed by atoms with Crippen LogP contribution < -0.4 is 0 Å². The van der Waals surface area contributed by atoms with Gasteiger partial charge in [0.1, 0.15) is 52.4 Å². The molecule has 21 nitrogen and oxygen atoms in total. The summed E-state index contributed by atoms with van der Waals surface area (Å²) in [6, 6.07) is 146. The topological polar surface area (TPSA) is 301 Å². The summed E-state index contributed by atoms with van der Waals surface area (Å²) in [6.45, 7) is 10.4. The van der Waals surface area contributed by atoms with Crippen LogP contribution in [0.1, 0.15) is 27.8 Å². The number of halogens is 2. The number of fused-ring (bicyclic) bond motifs is 9. The number of nitro benzene ring substituents is 1. The fraction of sp³-hybridized carbons (Fsp3) is 0.0410. The number of para-hydroxylation sites is 17. The summed E-state index contributed by atoms with van der Waals surface area (Å²) in [5.41, 5.74) is 33.7. The molecule has 0 unspecified atom stereocenters. The van der Waals surface area contributed by atoms with E-state index in [1.54, 1.807) is 18.2 Å². The van der Waals surface area contributed by atoms with Crippen molar-refractivity contribution in [3.63, 3.8) is 0 Å². The molecule has 23 heteroatoms. The van der Waals surface area contributed by atoms with Crippen LogP contribution in [0, 0.1) is 44.7 Å². The van der Waals surface area contributed by atoms with E-state index in [1.807, 2.05) is 285 Å². The monoisotopic (exact) mass is 1930 g/mol. The largest absolute Gasteiger partial charge is 0.338 e. The Labute approximate surface area is 845 Å². The van der Waals surface area contributed by atoms with Gasteiger partial charge in [0.25, 0.3) is 5.69 Å². The van der Waals surface area contributed by atoms with Crippen LogP contribution in [0.15, 0.2) is 443 Å². The summed E-state index contributed by atoms with van der Waals surface area (Å²) in [5, 5.41) is 12.4. The lowest BCUT2D eigenvalue weighted by atomic mass is 10.1. The molecule has 0 atom stereocenters. The molecule has 706 valence electrons. The number of aromatic amines is 9. The summed E-state index contributed by atoms with van der Waals surface area (Å²) in [5.74, 6) is 7.79. The number of hydrogen-bond donors (Lipinski definition) is 9. The molecule has 9 N–H and O–H groups in total. The molecule has 0 radical (unpaired) electrons. The molecule has 9 heterocycles. The summed E-state index contributed by atoms with van der Waals surface area (Å²) < 4.78 is 0. The summed E-state index contributed by atoms with van der Waals surface area (Å²) in [6.07, 6.45) is 0. The van der Waals surface area contributed by atoms with Crippen LogP contribution in [0.2, 0.25) is 10.0 Å². The minimum Gasteiger partial charge on any atom is -0.338 e. The van der Waals surface area contributed by atoms with Crippen molar-refractivity contribution >= 4 is 128 Å². The van der Waals surface area contributed by atoms with Crippen molar-refractivity contribution in [3.05, 3.63) is 491 Å². The molecular weight excluding hydrogens is 1830 g/mol. The Morgan fingerprint density at radius 1 is 0.193 bits per heavy atom. The van der Waals surface area contributed by atoms with E-state index in [-0.39, 0.29) is 5.69 Å². The van der Waals surface area contributed by atoms with E-state index in [1.165, 1.54) is 33.9 Å². The highest BCUT2D eigenvalue weighted by atomic mass is 35.5. The number of nitro groups is 1. The van der Waals surface area contributed by atoms with Crippen molar-refractivity contribution in [2.45, 2.75) is 34.6 Å². The van der Waals surface area contributed by atoms with Crippen LogP contribution in [0.25, 0.3) is 202 Å². The van der Waals surface area contributed by atoms with Gasteiger partial charge in [-0.3, -0.25) is 10.1 Å². The van der Waals surface area contributed by atoms with E-state index in [2.05, 4.69) is 258 Å². The second kappa shape index (κ2) is 45.0. The lowest BCUT2D eigenvalue weighted by Gasteiger charge is -1.98. The third-order valence-electron chi connectivity index (χ3n) is 23.7. The average molecular weight is 1930 g/mol. The molecule has 27 aromatic rings. The third kappa shape index (κ3) is 23.9. The van der Waals surface area contributed by atoms with Crippen molar-refractivity contribution in [2.75, 3.05) is 0 Å². The lowest BCUT2D eigenvalue weighted by molar-refractivity contribution is -0.384. The summed E-state index contributed by atoms with van der Waals surface area (Å²) in [4.78, 5) is 80.8. The van der Waals surface area contributed by atoms with Gasteiger partial charge in [0.15, 0.2) is 0 Å². The third-order valence-corrected chi connectivity index (χ3v) is 24.3. The highest BCUT2D eigenvalue weighted by Crippen LogP contribution is 2.34. The molecule has 27 rings (SSSR count). The van der Waals surface area contributed by atoms with E-state index in [0.717, 1.165) is 195 Å². The zero-order valence-electron chi connectivity index (χ0n) is 79.7. The van der Waals surface area contributed by atoms with Crippen molar-refractivity contribution in [2.24, 2.45) is 0 Å². The summed E-state index contributed by atoms with van der Waals surface area (Å²) >= 11 is 12.1. The Balaban J connectivity index is 0.000000103. The number of aryl methyl sites for hydroxylation is 5. The number of rotatable bonds is 10. The van der Waals surface area contributed by atoms with E-state index in [9.17, 15) is 10.1 Å². The van der Waals surface area contributed by atoms with Crippen LogP contribution in [0.3, 0.4) is 0 Å². The maximum absolute atomic E-state index is 11.0. The molecule has 0 aliphatic rings. The van der Waals surface area contributed by atoms with Crippen LogP contribution in [0.4, 0.5) is 5.69 Å². The number of nitrogens with one attached hydrogen (secondary N) is 9. The van der Waals surface area contributed by atoms with E-state index in [4.69, 9.17) is 23.2 Å². The first kappa shape index (κ1) is 95.1. The van der Waals surface area contributed by atoms with Crippen molar-refractivity contribution in [3.8, 4) is 102 Å². The fourth-order valence-electron chi connectivity index (χ4n) is 16.2. The number of H-pyrrole nitrogens is 9. The van der Waals surface area contributed by atoms with Crippen molar-refractivity contribution in [1.29, 1.82) is 0 Å². The first-order valence-electron chi connectivity index (χ1n) is 47.2. The molecular formula is C122H97Cl2N19O2. The molecule has 0 aliphatic heterocycles. The predicted octanol–water partition coefficient (Wildman–Crippen LogP) is 31.8. The standard InChI is InChI=1S/5C14H12N2.2C13H9ClN2.C13H9N3O2.C13H10N2/c2*1-10-5-4-6-11(9-10)14-15-12-7-2-3-8-13(12)16-14;3*1-10-6-8-11(9-7-10)14-15-12-4-2-3-5-13(12)16-14;14-10-6-2-1-5-9(10)13-15-11-7-3-4-8-12(11)16-13;14-10-6-7-11-12(8-10)16-13(15-11)9-4-2-1-3-5-9;17-16(18)12-8-4-1-5-9(12)13-14-10-6-2-3-7-11(10)15-13;1-2-6-10(7-3-1)13-14-11-8-4-5-9-12(11)15-13/h5*2-9H,1H3,(H,15,16);2*1-8H,(H,15,16);1-8H,(H,14,15);1-9H,(H,14,15). The van der Waals surface area contributed by atoms with Gasteiger partial charge in [-0.1, -0.05) is 342 Å². The SMILES string of the molecule is Cc1ccc(-c2nc3ccccc3[nH]2)cc1.Cc1ccc(-c2nc3ccccc3[nH]2)cc1.Cc1ccc(-c2nc3ccccc3[nH]2)cc1.Cc1cccc(-c2nc3ccccc3[nH]2)c1.Cc1cccc(-c2nc3ccccc3[nH]2)c1.Clc1ccc2nc(-c3ccccc3)[nH]c2c1.Clc1ccccc1-c1nc2ccccc2[nH]1.O=[N+]([O-])c1ccccc1-c1nc2ccccc2[nH]1.c1ccc(-c2nc3ccccc3[nH]2)cc1. The van der Waals surface area contributed by atoms with Gasteiger partial charge < -0.3 is 44.9 Å². The van der Waals surface area contributed by atoms with Crippen LogP contribution in [-0.2, 0) is 0 Å². The van der Waals surface area contributed by atoms with E-state index in [0.29, 0.717) is 16.4 Å². The molecule has 9 aromatic heterocycles. The van der Waals surface area contributed by atoms with E-state index >= 15 is 0 Å². The van der Waals surface area contributed by atoms with Gasteiger partial charge in [0, 0.05) is 55.6 Å². The van der Waals surface area contributed by atoms with E-state index < -0.39 is 4.92 Å². The number of nitrogens with zero attached hydrogens (tertiary/aromatic N) is 10. The van der Waals surface area contributed by atoms with Gasteiger partial charge in [0.2, 0.25) is 0 Å². The van der Waals surface area contributed by atoms with Crippen LogP contribution in [0.5, 0.6) is 0 Å². The molecule has 0 bridgehead atoms. The zero-order chi connectivity index (χ0) is 99.3. The highest BCUT2D eigenvalue weighted by molar-refractivity contribution is 6.33. The number of imidazole rings is 9. The highest BCUT2D eigenvalue weighted by Gasteiger charge is 2.19. The van der Waals surface area contributed by atoms with Gasteiger partial charge in [-0.2, -0.15) is 0 Å². The van der Waals surface area contributed by atoms with Gasteiger partial charge >= 0.3 is 0 Å². The second-order valence-electron chi connectivity index (χ2n) is 34.4. The lowest BCUT2D eigenvalue weighted by Crippen LogP contribution is -1.92.